The van der Waals surface area contributed by atoms with E-state index in [0.29, 0.717) is 12.3 Å². The zero-order valence-corrected chi connectivity index (χ0v) is 18.6. The van der Waals surface area contributed by atoms with Crippen molar-refractivity contribution in [3.05, 3.63) is 24.3 Å². The van der Waals surface area contributed by atoms with Gasteiger partial charge in [0.2, 0.25) is 11.8 Å². The molecule has 0 aromatic heterocycles. The van der Waals surface area contributed by atoms with Gasteiger partial charge in [-0.15, -0.1) is 11.6 Å². The highest BCUT2D eigenvalue weighted by atomic mass is 35.5. The summed E-state index contributed by atoms with van der Waals surface area (Å²) in [4.78, 5) is 28.5. The minimum Gasteiger partial charge on any atom is -0.368 e. The van der Waals surface area contributed by atoms with Gasteiger partial charge in [-0.25, -0.2) is 0 Å². The molecular weight excluding hydrogens is 374 g/mol. The summed E-state index contributed by atoms with van der Waals surface area (Å²) in [6, 6.07) is 7.77. The normalized spacial score (nSPS) is 17.2. The molecule has 0 radical (unpaired) electrons. The third-order valence-electron chi connectivity index (χ3n) is 4.98. The number of alkyl halides is 1. The number of hydrogen-bond acceptors (Lipinski definition) is 3. The maximum atomic E-state index is 12.6. The van der Waals surface area contributed by atoms with Crippen LogP contribution in [0.4, 0.5) is 11.4 Å². The maximum absolute atomic E-state index is 12.6. The van der Waals surface area contributed by atoms with Gasteiger partial charge in [0.25, 0.3) is 0 Å². The number of amides is 2. The van der Waals surface area contributed by atoms with Crippen molar-refractivity contribution in [3.63, 3.8) is 0 Å². The summed E-state index contributed by atoms with van der Waals surface area (Å²) in [5.74, 6) is 0.468. The van der Waals surface area contributed by atoms with E-state index in [-0.39, 0.29) is 17.2 Å². The van der Waals surface area contributed by atoms with Crippen molar-refractivity contribution >= 4 is 34.8 Å². The molecule has 1 saturated heterocycles. The van der Waals surface area contributed by atoms with Gasteiger partial charge in [-0.2, -0.15) is 0 Å². The van der Waals surface area contributed by atoms with Gasteiger partial charge in [0.05, 0.1) is 0 Å². The molecule has 0 saturated carbocycles. The Morgan fingerprint density at radius 3 is 2.14 bits per heavy atom. The number of hydrogen-bond donors (Lipinski definition) is 1. The van der Waals surface area contributed by atoms with Crippen molar-refractivity contribution in [1.82, 2.24) is 4.90 Å². The van der Waals surface area contributed by atoms with Gasteiger partial charge in [0.1, 0.15) is 5.38 Å². The lowest BCUT2D eigenvalue weighted by Crippen LogP contribution is -2.49. The van der Waals surface area contributed by atoms with Gasteiger partial charge in [0.15, 0.2) is 0 Å². The van der Waals surface area contributed by atoms with E-state index in [1.807, 2.05) is 29.2 Å². The molecule has 2 atom stereocenters. The summed E-state index contributed by atoms with van der Waals surface area (Å²) in [5.41, 5.74) is 2.10. The number of nitrogens with one attached hydrogen (secondary N) is 1. The Labute approximate surface area is 174 Å². The molecule has 1 aromatic carbocycles. The third-order valence-corrected chi connectivity index (χ3v) is 5.18. The fraction of sp³-hybridized carbons (Fsp3) is 0.636. The molecule has 1 aliphatic heterocycles. The van der Waals surface area contributed by atoms with E-state index >= 15 is 0 Å². The van der Waals surface area contributed by atoms with Gasteiger partial charge in [-0.3, -0.25) is 9.59 Å². The second-order valence-corrected chi connectivity index (χ2v) is 9.75. The first-order valence-corrected chi connectivity index (χ1v) is 10.6. The molecule has 156 valence electrons. The van der Waals surface area contributed by atoms with E-state index in [9.17, 15) is 9.59 Å². The Morgan fingerprint density at radius 1 is 1.07 bits per heavy atom. The molecular formula is C22H34ClN3O2. The molecule has 0 aliphatic carbocycles. The largest absolute Gasteiger partial charge is 0.368 e. The molecule has 1 N–H and O–H groups in total. The monoisotopic (exact) mass is 407 g/mol. The highest BCUT2D eigenvalue weighted by Crippen LogP contribution is 2.27. The summed E-state index contributed by atoms with van der Waals surface area (Å²) in [7, 11) is 0. The van der Waals surface area contributed by atoms with Gasteiger partial charge in [0, 0.05) is 44.0 Å². The van der Waals surface area contributed by atoms with Crippen LogP contribution in [-0.2, 0) is 9.59 Å². The predicted molar refractivity (Wildman–Crippen MR) is 117 cm³/mol. The van der Waals surface area contributed by atoms with Crippen LogP contribution < -0.4 is 10.2 Å². The highest BCUT2D eigenvalue weighted by molar-refractivity contribution is 6.32. The Bertz CT molecular complexity index is 659. The molecule has 1 aromatic rings. The van der Waals surface area contributed by atoms with E-state index in [4.69, 9.17) is 11.6 Å². The number of benzene rings is 1. The molecule has 0 spiro atoms. The van der Waals surface area contributed by atoms with Crippen LogP contribution in [0.3, 0.4) is 0 Å². The molecule has 1 fully saturated rings. The lowest BCUT2D eigenvalue weighted by atomic mass is 9.84. The summed E-state index contributed by atoms with van der Waals surface area (Å²) in [5, 5.41) is 2.23. The second-order valence-electron chi connectivity index (χ2n) is 9.09. The van der Waals surface area contributed by atoms with Crippen LogP contribution in [0.5, 0.6) is 0 Å². The van der Waals surface area contributed by atoms with Crippen LogP contribution in [0.1, 0.15) is 47.5 Å². The molecule has 1 heterocycles. The number of halogens is 1. The van der Waals surface area contributed by atoms with Gasteiger partial charge < -0.3 is 15.1 Å². The predicted octanol–water partition coefficient (Wildman–Crippen LogP) is 4.36. The van der Waals surface area contributed by atoms with E-state index in [0.717, 1.165) is 44.0 Å². The van der Waals surface area contributed by atoms with Gasteiger partial charge in [-0.05, 0) is 48.9 Å². The van der Waals surface area contributed by atoms with Crippen molar-refractivity contribution in [3.8, 4) is 0 Å². The Hall–Kier alpha value is -1.75. The molecule has 28 heavy (non-hydrogen) atoms. The number of carbonyl (C=O) groups is 2. The van der Waals surface area contributed by atoms with Crippen LogP contribution in [0.15, 0.2) is 24.3 Å². The maximum Gasteiger partial charge on any atom is 0.242 e. The third kappa shape index (κ3) is 7.01. The summed E-state index contributed by atoms with van der Waals surface area (Å²) in [6.07, 6.45) is 1.69. The Balaban J connectivity index is 1.83. The highest BCUT2D eigenvalue weighted by Gasteiger charge is 2.24. The van der Waals surface area contributed by atoms with Gasteiger partial charge in [-0.1, -0.05) is 27.7 Å². The van der Waals surface area contributed by atoms with E-state index < -0.39 is 5.38 Å². The average molecular weight is 408 g/mol. The van der Waals surface area contributed by atoms with E-state index in [1.165, 1.54) is 0 Å². The zero-order valence-electron chi connectivity index (χ0n) is 17.8. The number of nitrogens with zero attached hydrogens (tertiary/aromatic N) is 2. The molecule has 5 nitrogen and oxygen atoms in total. The minimum atomic E-state index is -0.559. The topological polar surface area (TPSA) is 52.7 Å². The molecule has 0 unspecified atom stereocenters. The Kier molecular flexibility index (Phi) is 7.76. The quantitative estimate of drug-likeness (QED) is 0.712. The fourth-order valence-corrected chi connectivity index (χ4v) is 3.81. The van der Waals surface area contributed by atoms with E-state index in [2.05, 4.69) is 37.9 Å². The van der Waals surface area contributed by atoms with Crippen molar-refractivity contribution < 1.29 is 9.59 Å². The first-order chi connectivity index (χ1) is 13.0. The smallest absolute Gasteiger partial charge is 0.242 e. The summed E-state index contributed by atoms with van der Waals surface area (Å²) < 4.78 is 0. The Morgan fingerprint density at radius 2 is 1.64 bits per heavy atom. The number of rotatable bonds is 6. The first kappa shape index (κ1) is 22.5. The van der Waals surface area contributed by atoms with Crippen LogP contribution in [0.25, 0.3) is 0 Å². The molecule has 6 heteroatoms. The van der Waals surface area contributed by atoms with Crippen LogP contribution in [0, 0.1) is 11.3 Å². The lowest BCUT2D eigenvalue weighted by Gasteiger charge is -2.37. The summed E-state index contributed by atoms with van der Waals surface area (Å²) >= 11 is 5.78. The van der Waals surface area contributed by atoms with Gasteiger partial charge >= 0.3 is 0 Å². The lowest BCUT2D eigenvalue weighted by molar-refractivity contribution is -0.132. The number of piperazine rings is 1. The summed E-state index contributed by atoms with van der Waals surface area (Å²) in [6.45, 7) is 13.6. The van der Waals surface area contributed by atoms with Crippen molar-refractivity contribution in [1.29, 1.82) is 0 Å². The first-order valence-electron chi connectivity index (χ1n) is 10.1. The fourth-order valence-electron chi connectivity index (χ4n) is 3.76. The van der Waals surface area contributed by atoms with Crippen LogP contribution in [0.2, 0.25) is 0 Å². The molecule has 2 rings (SSSR count). The molecule has 2 amide bonds. The second kappa shape index (κ2) is 9.64. The number of carbonyl (C=O) groups excluding carboxylic acids is 2. The van der Waals surface area contributed by atoms with E-state index in [1.54, 1.807) is 6.92 Å². The zero-order chi connectivity index (χ0) is 20.9. The standard InChI is InChI=1S/C22H34ClN3O2/c1-16(15-22(3,4)5)14-20(27)26-12-10-25(11-13-26)19-8-6-18(7-9-19)24-21(28)17(2)23/h6-9,16-17H,10-15H2,1-5H3,(H,24,28)/t16-,17+/m1/s1. The number of anilines is 2. The van der Waals surface area contributed by atoms with Crippen molar-refractivity contribution in [2.24, 2.45) is 11.3 Å². The molecule has 0 bridgehead atoms. The van der Waals surface area contributed by atoms with Crippen molar-refractivity contribution in [2.45, 2.75) is 52.8 Å². The average Bonchev–Trinajstić information content (AvgIpc) is 2.60. The minimum absolute atomic E-state index is 0.206. The SMILES string of the molecule is C[C@H](CC(=O)N1CCN(c2ccc(NC(=O)[C@H](C)Cl)cc2)CC1)CC(C)(C)C. The van der Waals surface area contributed by atoms with Crippen LogP contribution in [-0.4, -0.2) is 48.3 Å². The van der Waals surface area contributed by atoms with Crippen molar-refractivity contribution in [2.75, 3.05) is 36.4 Å². The van der Waals surface area contributed by atoms with Crippen LogP contribution >= 0.6 is 11.6 Å². The molecule has 1 aliphatic rings.